The van der Waals surface area contributed by atoms with E-state index in [9.17, 15) is 4.79 Å². The van der Waals surface area contributed by atoms with Crippen LogP contribution in [0.2, 0.25) is 0 Å². The predicted molar refractivity (Wildman–Crippen MR) is 61.2 cm³/mol. The zero-order valence-electron chi connectivity index (χ0n) is 9.89. The Bertz CT molecular complexity index is 367. The lowest BCUT2D eigenvalue weighted by Crippen LogP contribution is -2.06. The van der Waals surface area contributed by atoms with Crippen LogP contribution in [0.4, 0.5) is 0 Å². The zero-order valence-corrected chi connectivity index (χ0v) is 9.89. The summed E-state index contributed by atoms with van der Waals surface area (Å²) in [5.41, 5.74) is 3.45. The summed E-state index contributed by atoms with van der Waals surface area (Å²) in [5.74, 6) is 0.485. The van der Waals surface area contributed by atoms with Crippen molar-refractivity contribution in [1.82, 2.24) is 0 Å². The van der Waals surface area contributed by atoms with Crippen LogP contribution in [0.25, 0.3) is 0 Å². The first-order chi connectivity index (χ1) is 7.08. The molecule has 0 aliphatic rings. The van der Waals surface area contributed by atoms with Crippen molar-refractivity contribution in [3.8, 4) is 5.75 Å². The number of carbonyl (C=O) groups is 1. The smallest absolute Gasteiger partial charge is 0.308 e. The van der Waals surface area contributed by atoms with Gasteiger partial charge in [0.15, 0.2) is 0 Å². The number of benzene rings is 1. The molecule has 0 amide bonds. The van der Waals surface area contributed by atoms with Crippen LogP contribution in [0, 0.1) is 6.92 Å². The third-order valence-corrected chi connectivity index (χ3v) is 2.45. The Balaban J connectivity index is 3.18. The lowest BCUT2D eigenvalue weighted by atomic mass is 10.0. The minimum atomic E-state index is -0.253. The normalized spacial score (nSPS) is 10.1. The van der Waals surface area contributed by atoms with Crippen LogP contribution in [0.1, 0.15) is 37.5 Å². The van der Waals surface area contributed by atoms with E-state index < -0.39 is 0 Å². The van der Waals surface area contributed by atoms with Crippen LogP contribution in [-0.4, -0.2) is 5.97 Å². The van der Waals surface area contributed by atoms with Crippen LogP contribution in [0.5, 0.6) is 5.75 Å². The van der Waals surface area contributed by atoms with E-state index in [2.05, 4.69) is 26.0 Å². The molecular weight excluding hydrogens is 188 g/mol. The summed E-state index contributed by atoms with van der Waals surface area (Å²) in [6.07, 6.45) is 1.89. The quantitative estimate of drug-likeness (QED) is 0.561. The van der Waals surface area contributed by atoms with Crippen molar-refractivity contribution in [3.05, 3.63) is 28.8 Å². The lowest BCUT2D eigenvalue weighted by Gasteiger charge is -2.12. The topological polar surface area (TPSA) is 26.3 Å². The van der Waals surface area contributed by atoms with Crippen LogP contribution < -0.4 is 4.74 Å². The van der Waals surface area contributed by atoms with Gasteiger partial charge in [0.25, 0.3) is 0 Å². The van der Waals surface area contributed by atoms with Crippen LogP contribution >= 0.6 is 0 Å². The van der Waals surface area contributed by atoms with Gasteiger partial charge in [0, 0.05) is 6.92 Å². The van der Waals surface area contributed by atoms with E-state index in [1.807, 2.05) is 6.92 Å². The highest BCUT2D eigenvalue weighted by Gasteiger charge is 2.09. The van der Waals surface area contributed by atoms with Crippen LogP contribution in [0.3, 0.4) is 0 Å². The van der Waals surface area contributed by atoms with E-state index in [0.717, 1.165) is 29.7 Å². The van der Waals surface area contributed by atoms with Crippen LogP contribution in [-0.2, 0) is 17.6 Å². The Morgan fingerprint density at radius 2 is 1.93 bits per heavy atom. The van der Waals surface area contributed by atoms with Gasteiger partial charge in [-0.25, -0.2) is 0 Å². The van der Waals surface area contributed by atoms with Gasteiger partial charge in [0.1, 0.15) is 5.75 Å². The fourth-order valence-electron chi connectivity index (χ4n) is 1.68. The Kier molecular flexibility index (Phi) is 3.89. The highest BCUT2D eigenvalue weighted by Crippen LogP contribution is 2.26. The second-order valence-electron chi connectivity index (χ2n) is 3.70. The van der Waals surface area contributed by atoms with Crippen molar-refractivity contribution < 1.29 is 9.53 Å². The van der Waals surface area contributed by atoms with Gasteiger partial charge >= 0.3 is 5.97 Å². The third kappa shape index (κ3) is 2.82. The molecule has 0 saturated heterocycles. The molecule has 0 aliphatic carbocycles. The van der Waals surface area contributed by atoms with E-state index in [1.165, 1.54) is 12.5 Å². The van der Waals surface area contributed by atoms with E-state index in [4.69, 9.17) is 4.74 Å². The van der Waals surface area contributed by atoms with Gasteiger partial charge in [-0.05, 0) is 36.5 Å². The molecule has 0 aromatic heterocycles. The average Bonchev–Trinajstić information content (AvgIpc) is 2.20. The number of hydrogen-bond acceptors (Lipinski definition) is 2. The van der Waals surface area contributed by atoms with Crippen molar-refractivity contribution in [1.29, 1.82) is 0 Å². The van der Waals surface area contributed by atoms with Crippen molar-refractivity contribution >= 4 is 5.97 Å². The molecule has 2 nitrogen and oxygen atoms in total. The minimum absolute atomic E-state index is 0.253. The molecule has 0 spiro atoms. The maximum Gasteiger partial charge on any atom is 0.308 e. The van der Waals surface area contributed by atoms with Gasteiger partial charge in [0.05, 0.1) is 0 Å². The Morgan fingerprint density at radius 3 is 2.40 bits per heavy atom. The van der Waals surface area contributed by atoms with Gasteiger partial charge in [-0.3, -0.25) is 4.79 Å². The molecule has 0 bridgehead atoms. The Hall–Kier alpha value is -1.31. The average molecular weight is 206 g/mol. The summed E-state index contributed by atoms with van der Waals surface area (Å²) in [7, 11) is 0. The summed E-state index contributed by atoms with van der Waals surface area (Å²) in [4.78, 5) is 11.0. The van der Waals surface area contributed by atoms with E-state index in [-0.39, 0.29) is 5.97 Å². The summed E-state index contributed by atoms with van der Waals surface area (Å²) >= 11 is 0. The molecular formula is C13H18O2. The maximum atomic E-state index is 11.0. The van der Waals surface area contributed by atoms with E-state index in [1.54, 1.807) is 0 Å². The number of rotatable bonds is 3. The summed E-state index contributed by atoms with van der Waals surface area (Å²) in [6, 6.07) is 4.20. The van der Waals surface area contributed by atoms with Gasteiger partial charge in [-0.1, -0.05) is 26.0 Å². The number of ether oxygens (including phenoxy) is 1. The molecule has 2 heteroatoms. The number of esters is 1. The van der Waals surface area contributed by atoms with E-state index >= 15 is 0 Å². The summed E-state index contributed by atoms with van der Waals surface area (Å²) in [5, 5.41) is 0. The molecule has 0 unspecified atom stereocenters. The maximum absolute atomic E-state index is 11.0. The van der Waals surface area contributed by atoms with Crippen molar-refractivity contribution in [2.45, 2.75) is 40.5 Å². The highest BCUT2D eigenvalue weighted by molar-refractivity contribution is 5.70. The van der Waals surface area contributed by atoms with Gasteiger partial charge in [-0.2, -0.15) is 0 Å². The standard InChI is InChI=1S/C13H18O2/c1-5-11-7-9(3)13(15-10(4)14)12(6-2)8-11/h7-8H,5-6H2,1-4H3. The third-order valence-electron chi connectivity index (χ3n) is 2.45. The molecule has 0 aliphatic heterocycles. The summed E-state index contributed by atoms with van der Waals surface area (Å²) < 4.78 is 5.23. The second kappa shape index (κ2) is 4.96. The molecule has 0 fully saturated rings. The Labute approximate surface area is 91.3 Å². The summed E-state index contributed by atoms with van der Waals surface area (Å²) in [6.45, 7) is 7.62. The predicted octanol–water partition coefficient (Wildman–Crippen LogP) is 3.05. The molecule has 1 aromatic rings. The van der Waals surface area contributed by atoms with Gasteiger partial charge in [0.2, 0.25) is 0 Å². The largest absolute Gasteiger partial charge is 0.426 e. The first-order valence-corrected chi connectivity index (χ1v) is 5.39. The number of hydrogen-bond donors (Lipinski definition) is 0. The fourth-order valence-corrected chi connectivity index (χ4v) is 1.68. The molecule has 0 N–H and O–H groups in total. The highest BCUT2D eigenvalue weighted by atomic mass is 16.5. The molecule has 0 atom stereocenters. The SMILES string of the molecule is CCc1cc(C)c(OC(C)=O)c(CC)c1. The van der Waals surface area contributed by atoms with Crippen molar-refractivity contribution in [2.75, 3.05) is 0 Å². The Morgan fingerprint density at radius 1 is 1.27 bits per heavy atom. The van der Waals surface area contributed by atoms with Crippen molar-refractivity contribution in [2.24, 2.45) is 0 Å². The monoisotopic (exact) mass is 206 g/mol. The minimum Gasteiger partial charge on any atom is -0.426 e. The number of aryl methyl sites for hydroxylation is 3. The first kappa shape index (κ1) is 11.8. The first-order valence-electron chi connectivity index (χ1n) is 5.39. The lowest BCUT2D eigenvalue weighted by molar-refractivity contribution is -0.131. The molecule has 0 saturated carbocycles. The molecule has 0 heterocycles. The van der Waals surface area contributed by atoms with Crippen molar-refractivity contribution in [3.63, 3.8) is 0 Å². The fraction of sp³-hybridized carbons (Fsp3) is 0.462. The molecule has 1 rings (SSSR count). The molecule has 15 heavy (non-hydrogen) atoms. The molecule has 1 aromatic carbocycles. The second-order valence-corrected chi connectivity index (χ2v) is 3.70. The molecule has 82 valence electrons. The van der Waals surface area contributed by atoms with Gasteiger partial charge in [-0.15, -0.1) is 0 Å². The number of carbonyl (C=O) groups excluding carboxylic acids is 1. The molecule has 0 radical (unpaired) electrons. The van der Waals surface area contributed by atoms with E-state index in [0.29, 0.717) is 0 Å². The zero-order chi connectivity index (χ0) is 11.4. The van der Waals surface area contributed by atoms with Gasteiger partial charge < -0.3 is 4.74 Å². The van der Waals surface area contributed by atoms with Crippen LogP contribution in [0.15, 0.2) is 12.1 Å².